The van der Waals surface area contributed by atoms with Gasteiger partial charge in [-0.25, -0.2) is 9.78 Å². The number of hydrogen-bond donors (Lipinski definition) is 2. The van der Waals surface area contributed by atoms with Crippen molar-refractivity contribution in [2.75, 3.05) is 24.8 Å². The van der Waals surface area contributed by atoms with Crippen LogP contribution in [0.15, 0.2) is 36.5 Å². The van der Waals surface area contributed by atoms with E-state index in [1.807, 2.05) is 31.2 Å². The number of nitrogens with one attached hydrogen (secondary N) is 1. The van der Waals surface area contributed by atoms with Crippen LogP contribution in [-0.4, -0.2) is 24.7 Å². The summed E-state index contributed by atoms with van der Waals surface area (Å²) in [5, 5.41) is 3.09. The second-order valence-electron chi connectivity index (χ2n) is 4.23. The van der Waals surface area contributed by atoms with Gasteiger partial charge in [0.05, 0.1) is 31.2 Å². The van der Waals surface area contributed by atoms with Gasteiger partial charge in [-0.3, -0.25) is 0 Å². The molecule has 6 heteroatoms. The van der Waals surface area contributed by atoms with Crippen molar-refractivity contribution in [3.63, 3.8) is 0 Å². The quantitative estimate of drug-likeness (QED) is 0.822. The zero-order valence-corrected chi connectivity index (χ0v) is 11.9. The van der Waals surface area contributed by atoms with Crippen LogP contribution >= 0.6 is 0 Å². The van der Waals surface area contributed by atoms with Crippen LogP contribution in [0.2, 0.25) is 0 Å². The first-order valence-electron chi connectivity index (χ1n) is 6.47. The zero-order valence-electron chi connectivity index (χ0n) is 11.9. The fraction of sp³-hybridized carbons (Fsp3) is 0.200. The lowest BCUT2D eigenvalue weighted by Crippen LogP contribution is -2.07. The fourth-order valence-corrected chi connectivity index (χ4v) is 1.77. The van der Waals surface area contributed by atoms with Crippen molar-refractivity contribution in [1.82, 2.24) is 4.98 Å². The number of nitrogens with two attached hydrogens (primary N) is 1. The molecule has 3 N–H and O–H groups in total. The number of anilines is 3. The number of hydrogen-bond acceptors (Lipinski definition) is 6. The van der Waals surface area contributed by atoms with E-state index >= 15 is 0 Å². The third-order valence-electron chi connectivity index (χ3n) is 2.78. The highest BCUT2D eigenvalue weighted by Crippen LogP contribution is 2.21. The number of benzene rings is 1. The van der Waals surface area contributed by atoms with Crippen LogP contribution in [0.1, 0.15) is 17.3 Å². The van der Waals surface area contributed by atoms with Gasteiger partial charge in [-0.1, -0.05) is 0 Å². The van der Waals surface area contributed by atoms with Gasteiger partial charge in [0.15, 0.2) is 0 Å². The average Bonchev–Trinajstić information content (AvgIpc) is 2.50. The minimum atomic E-state index is -0.496. The van der Waals surface area contributed by atoms with Gasteiger partial charge in [0, 0.05) is 5.69 Å². The Balaban J connectivity index is 2.17. The Morgan fingerprint density at radius 1 is 1.33 bits per heavy atom. The Labute approximate surface area is 122 Å². The summed E-state index contributed by atoms with van der Waals surface area (Å²) in [4.78, 5) is 15.7. The predicted octanol–water partition coefficient (Wildman–Crippen LogP) is 2.59. The number of aromatic nitrogens is 1. The number of nitrogen functional groups attached to an aromatic ring is 1. The highest BCUT2D eigenvalue weighted by molar-refractivity contribution is 5.95. The number of nitrogens with zero attached hydrogens (tertiary/aromatic N) is 1. The van der Waals surface area contributed by atoms with E-state index in [1.165, 1.54) is 13.3 Å². The third-order valence-corrected chi connectivity index (χ3v) is 2.78. The van der Waals surface area contributed by atoms with Crippen molar-refractivity contribution in [2.24, 2.45) is 0 Å². The summed E-state index contributed by atoms with van der Waals surface area (Å²) >= 11 is 0. The molecule has 0 atom stereocenters. The third kappa shape index (κ3) is 3.62. The Bertz CT molecular complexity index is 627. The van der Waals surface area contributed by atoms with Crippen molar-refractivity contribution in [1.29, 1.82) is 0 Å². The maximum absolute atomic E-state index is 11.6. The summed E-state index contributed by atoms with van der Waals surface area (Å²) in [5.41, 5.74) is 7.09. The fourth-order valence-electron chi connectivity index (χ4n) is 1.77. The van der Waals surface area contributed by atoms with Gasteiger partial charge in [-0.05, 0) is 37.3 Å². The number of pyridine rings is 1. The molecule has 110 valence electrons. The van der Waals surface area contributed by atoms with Crippen LogP contribution < -0.4 is 15.8 Å². The molecule has 0 spiro atoms. The Morgan fingerprint density at radius 2 is 2.05 bits per heavy atom. The first-order valence-corrected chi connectivity index (χ1v) is 6.47. The molecular weight excluding hydrogens is 270 g/mol. The Kier molecular flexibility index (Phi) is 4.61. The molecule has 1 aromatic carbocycles. The van der Waals surface area contributed by atoms with E-state index in [0.29, 0.717) is 12.4 Å². The maximum atomic E-state index is 11.6. The monoisotopic (exact) mass is 287 g/mol. The van der Waals surface area contributed by atoms with Crippen molar-refractivity contribution in [3.8, 4) is 5.75 Å². The second-order valence-corrected chi connectivity index (χ2v) is 4.23. The lowest BCUT2D eigenvalue weighted by molar-refractivity contribution is 0.0602. The number of esters is 1. The second kappa shape index (κ2) is 6.60. The Hall–Kier alpha value is -2.76. The van der Waals surface area contributed by atoms with Crippen molar-refractivity contribution in [2.45, 2.75) is 6.92 Å². The van der Waals surface area contributed by atoms with Gasteiger partial charge in [0.2, 0.25) is 0 Å². The normalized spacial score (nSPS) is 10.0. The topological polar surface area (TPSA) is 86.5 Å². The van der Waals surface area contributed by atoms with E-state index < -0.39 is 5.97 Å². The lowest BCUT2D eigenvalue weighted by atomic mass is 10.2. The maximum Gasteiger partial charge on any atom is 0.340 e. The van der Waals surface area contributed by atoms with E-state index in [2.05, 4.69) is 15.0 Å². The molecule has 0 fully saturated rings. The van der Waals surface area contributed by atoms with Crippen molar-refractivity contribution in [3.05, 3.63) is 42.1 Å². The number of rotatable bonds is 5. The van der Waals surface area contributed by atoms with E-state index in [4.69, 9.17) is 10.5 Å². The van der Waals surface area contributed by atoms with Gasteiger partial charge < -0.3 is 20.5 Å². The molecule has 0 bridgehead atoms. The molecular formula is C15H17N3O3. The number of carbonyl (C=O) groups excluding carboxylic acids is 1. The number of methoxy groups -OCH3 is 1. The molecule has 2 aromatic rings. The molecule has 0 aliphatic rings. The smallest absolute Gasteiger partial charge is 0.340 e. The molecule has 1 aromatic heterocycles. The summed E-state index contributed by atoms with van der Waals surface area (Å²) < 4.78 is 10.0. The highest BCUT2D eigenvalue weighted by Gasteiger charge is 2.11. The molecule has 0 saturated carbocycles. The summed E-state index contributed by atoms with van der Waals surface area (Å²) in [6.07, 6.45) is 1.42. The minimum absolute atomic E-state index is 0.277. The minimum Gasteiger partial charge on any atom is -0.494 e. The van der Waals surface area contributed by atoms with Gasteiger partial charge >= 0.3 is 5.97 Å². The standard InChI is InChI=1S/C15H17N3O3/c1-3-21-11-6-4-10(5-7-11)18-14-8-12(15(19)20-2)13(16)9-17-14/h4-9H,3,16H2,1-2H3,(H,17,18). The van der Waals surface area contributed by atoms with Crippen LogP contribution in [0.4, 0.5) is 17.2 Å². The van der Waals surface area contributed by atoms with E-state index in [1.54, 1.807) is 6.07 Å². The summed E-state index contributed by atoms with van der Waals surface area (Å²) in [7, 11) is 1.31. The van der Waals surface area contributed by atoms with E-state index in [-0.39, 0.29) is 11.3 Å². The van der Waals surface area contributed by atoms with Crippen molar-refractivity contribution < 1.29 is 14.3 Å². The van der Waals surface area contributed by atoms with Crippen LogP contribution in [0.3, 0.4) is 0 Å². The molecule has 0 radical (unpaired) electrons. The highest BCUT2D eigenvalue weighted by atomic mass is 16.5. The largest absolute Gasteiger partial charge is 0.494 e. The van der Waals surface area contributed by atoms with Crippen LogP contribution in [0, 0.1) is 0 Å². The first kappa shape index (κ1) is 14.6. The number of ether oxygens (including phenoxy) is 2. The molecule has 2 rings (SSSR count). The van der Waals surface area contributed by atoms with Crippen LogP contribution in [0.25, 0.3) is 0 Å². The van der Waals surface area contributed by atoms with E-state index in [0.717, 1.165) is 11.4 Å². The summed E-state index contributed by atoms with van der Waals surface area (Å²) in [6, 6.07) is 8.98. The van der Waals surface area contributed by atoms with Gasteiger partial charge in [-0.15, -0.1) is 0 Å². The van der Waals surface area contributed by atoms with Gasteiger partial charge in [0.1, 0.15) is 11.6 Å². The summed E-state index contributed by atoms with van der Waals surface area (Å²) in [6.45, 7) is 2.55. The van der Waals surface area contributed by atoms with Crippen molar-refractivity contribution >= 4 is 23.2 Å². The molecule has 0 aliphatic heterocycles. The van der Waals surface area contributed by atoms with Crippen LogP contribution in [0.5, 0.6) is 5.75 Å². The Morgan fingerprint density at radius 3 is 2.67 bits per heavy atom. The number of carbonyl (C=O) groups is 1. The average molecular weight is 287 g/mol. The zero-order chi connectivity index (χ0) is 15.2. The lowest BCUT2D eigenvalue weighted by Gasteiger charge is -2.09. The molecule has 0 unspecified atom stereocenters. The molecule has 21 heavy (non-hydrogen) atoms. The van der Waals surface area contributed by atoms with Gasteiger partial charge in [0.25, 0.3) is 0 Å². The predicted molar refractivity (Wildman–Crippen MR) is 80.9 cm³/mol. The SMILES string of the molecule is CCOc1ccc(Nc2cc(C(=O)OC)c(N)cn2)cc1. The van der Waals surface area contributed by atoms with Crippen LogP contribution in [-0.2, 0) is 4.74 Å². The van der Waals surface area contributed by atoms with Gasteiger partial charge in [-0.2, -0.15) is 0 Å². The molecule has 0 aliphatic carbocycles. The molecule has 0 saturated heterocycles. The summed E-state index contributed by atoms with van der Waals surface area (Å²) in [5.74, 6) is 0.807. The molecule has 6 nitrogen and oxygen atoms in total. The molecule has 0 amide bonds. The first-order chi connectivity index (χ1) is 10.1. The molecule has 1 heterocycles. The van der Waals surface area contributed by atoms with E-state index in [9.17, 15) is 4.79 Å².